The third kappa shape index (κ3) is 1.79. The van der Waals surface area contributed by atoms with Crippen molar-refractivity contribution in [3.8, 4) is 0 Å². The van der Waals surface area contributed by atoms with Gasteiger partial charge in [0, 0.05) is 18.9 Å². The molecule has 0 fully saturated rings. The largest absolute Gasteiger partial charge is 0.480 e. The number of carboxylic acids is 1. The van der Waals surface area contributed by atoms with Gasteiger partial charge in [0.1, 0.15) is 6.04 Å². The van der Waals surface area contributed by atoms with Gasteiger partial charge in [0.2, 0.25) is 5.91 Å². The number of aliphatic carboxylic acids is 1. The van der Waals surface area contributed by atoms with Gasteiger partial charge < -0.3 is 10.0 Å². The number of carbonyl (C=O) groups is 2. The van der Waals surface area contributed by atoms with Crippen molar-refractivity contribution >= 4 is 23.6 Å². The fraction of sp³-hybridized carbons (Fsp3) is 0.429. The minimum atomic E-state index is -0.956. The summed E-state index contributed by atoms with van der Waals surface area (Å²) in [5.74, 6) is -0.771. The minimum Gasteiger partial charge on any atom is -0.480 e. The van der Waals surface area contributed by atoms with E-state index in [1.807, 2.05) is 0 Å². The van der Waals surface area contributed by atoms with E-state index >= 15 is 0 Å². The maximum Gasteiger partial charge on any atom is 0.327 e. The van der Waals surface area contributed by atoms with Crippen LogP contribution < -0.4 is 0 Å². The van der Waals surface area contributed by atoms with Gasteiger partial charge in [-0.2, -0.15) is 0 Å². The van der Waals surface area contributed by atoms with Crippen LogP contribution in [-0.4, -0.2) is 33.7 Å². The van der Waals surface area contributed by atoms with E-state index in [-0.39, 0.29) is 5.91 Å². The van der Waals surface area contributed by atoms with Crippen LogP contribution in [0.25, 0.3) is 0 Å². The highest BCUT2D eigenvalue weighted by atomic mass is 32.2. The Balaban J connectivity index is 2.79. The molecule has 0 spiro atoms. The summed E-state index contributed by atoms with van der Waals surface area (Å²) in [4.78, 5) is 22.8. The van der Waals surface area contributed by atoms with E-state index in [0.717, 1.165) is 0 Å². The van der Waals surface area contributed by atoms with E-state index in [1.165, 1.54) is 29.8 Å². The first-order valence-electron chi connectivity index (χ1n) is 3.43. The molecule has 1 heterocycles. The van der Waals surface area contributed by atoms with Gasteiger partial charge in [-0.3, -0.25) is 4.79 Å². The molecule has 1 aliphatic heterocycles. The van der Waals surface area contributed by atoms with Gasteiger partial charge >= 0.3 is 5.97 Å². The molecule has 4 nitrogen and oxygen atoms in total. The van der Waals surface area contributed by atoms with Crippen LogP contribution in [0.5, 0.6) is 0 Å². The molecule has 0 aromatic heterocycles. The first kappa shape index (κ1) is 9.12. The van der Waals surface area contributed by atoms with Crippen LogP contribution in [0, 0.1) is 0 Å². The van der Waals surface area contributed by atoms with Gasteiger partial charge in [-0.05, 0) is 5.41 Å². The highest BCUT2D eigenvalue weighted by molar-refractivity contribution is 8.02. The summed E-state index contributed by atoms with van der Waals surface area (Å²) in [7, 11) is 0. The number of hydrogen-bond donors (Lipinski definition) is 1. The lowest BCUT2D eigenvalue weighted by atomic mass is 10.3. The zero-order valence-electron chi connectivity index (χ0n) is 6.56. The van der Waals surface area contributed by atoms with Crippen LogP contribution in [0.4, 0.5) is 0 Å². The number of carbonyl (C=O) groups excluding carboxylic acids is 1. The molecule has 0 aromatic rings. The van der Waals surface area contributed by atoms with Crippen LogP contribution in [0.2, 0.25) is 0 Å². The van der Waals surface area contributed by atoms with Crippen molar-refractivity contribution in [3.05, 3.63) is 11.6 Å². The molecule has 0 saturated carbocycles. The van der Waals surface area contributed by atoms with E-state index in [4.69, 9.17) is 5.11 Å². The van der Waals surface area contributed by atoms with Crippen molar-refractivity contribution in [2.24, 2.45) is 0 Å². The number of carboxylic acid groups (broad SMARTS) is 1. The fourth-order valence-corrected chi connectivity index (χ4v) is 1.77. The van der Waals surface area contributed by atoms with Crippen molar-refractivity contribution < 1.29 is 14.7 Å². The third-order valence-corrected chi connectivity index (χ3v) is 2.38. The maximum atomic E-state index is 10.9. The second-order valence-corrected chi connectivity index (χ2v) is 3.34. The Labute approximate surface area is 74.2 Å². The Hall–Kier alpha value is -0.970. The third-order valence-electron chi connectivity index (χ3n) is 1.56. The quantitative estimate of drug-likeness (QED) is 0.649. The van der Waals surface area contributed by atoms with Crippen LogP contribution in [-0.2, 0) is 9.59 Å². The first-order valence-corrected chi connectivity index (χ1v) is 4.48. The normalized spacial score (nSPS) is 22.4. The smallest absolute Gasteiger partial charge is 0.327 e. The summed E-state index contributed by atoms with van der Waals surface area (Å²) in [6.45, 7) is 1.36. The van der Waals surface area contributed by atoms with Crippen LogP contribution in [0.15, 0.2) is 11.6 Å². The molecule has 1 atom stereocenters. The molecule has 0 aromatic carbocycles. The zero-order chi connectivity index (χ0) is 9.14. The van der Waals surface area contributed by atoms with Crippen molar-refractivity contribution in [2.45, 2.75) is 13.0 Å². The van der Waals surface area contributed by atoms with E-state index in [2.05, 4.69) is 0 Å². The number of hydrogen-bond acceptors (Lipinski definition) is 3. The Morgan fingerprint density at radius 1 is 1.67 bits per heavy atom. The second kappa shape index (κ2) is 3.62. The topological polar surface area (TPSA) is 57.6 Å². The van der Waals surface area contributed by atoms with Crippen LogP contribution >= 0.6 is 11.8 Å². The predicted molar refractivity (Wildman–Crippen MR) is 45.5 cm³/mol. The molecule has 1 aliphatic rings. The number of rotatable bonds is 1. The molecule has 1 N–H and O–H groups in total. The summed E-state index contributed by atoms with van der Waals surface area (Å²) >= 11 is 1.40. The van der Waals surface area contributed by atoms with Crippen LogP contribution in [0.3, 0.4) is 0 Å². The van der Waals surface area contributed by atoms with E-state index in [9.17, 15) is 9.59 Å². The SMILES string of the molecule is CC(=O)N1C=CSCC1C(=O)O. The maximum absolute atomic E-state index is 10.9. The molecule has 1 rings (SSSR count). The lowest BCUT2D eigenvalue weighted by molar-refractivity contribution is -0.146. The molecule has 0 radical (unpaired) electrons. The average molecular weight is 187 g/mol. The van der Waals surface area contributed by atoms with E-state index < -0.39 is 12.0 Å². The molecule has 66 valence electrons. The summed E-state index contributed by atoms with van der Waals surface area (Å²) in [6.07, 6.45) is 1.51. The number of nitrogens with zero attached hydrogens (tertiary/aromatic N) is 1. The highest BCUT2D eigenvalue weighted by Gasteiger charge is 2.27. The second-order valence-electron chi connectivity index (χ2n) is 2.40. The molecule has 0 bridgehead atoms. The summed E-state index contributed by atoms with van der Waals surface area (Å²) < 4.78 is 0. The van der Waals surface area contributed by atoms with Crippen molar-refractivity contribution in [1.29, 1.82) is 0 Å². The molecular weight excluding hydrogens is 178 g/mol. The number of amides is 1. The Bertz CT molecular complexity index is 239. The Morgan fingerprint density at radius 2 is 2.33 bits per heavy atom. The minimum absolute atomic E-state index is 0.237. The molecule has 12 heavy (non-hydrogen) atoms. The van der Waals surface area contributed by atoms with E-state index in [0.29, 0.717) is 5.75 Å². The van der Waals surface area contributed by atoms with Crippen molar-refractivity contribution in [2.75, 3.05) is 5.75 Å². The van der Waals surface area contributed by atoms with Gasteiger partial charge in [0.25, 0.3) is 0 Å². The van der Waals surface area contributed by atoms with Gasteiger partial charge in [0.05, 0.1) is 0 Å². The predicted octanol–water partition coefficient (Wildman–Crippen LogP) is 0.506. The van der Waals surface area contributed by atoms with Gasteiger partial charge in [0.15, 0.2) is 0 Å². The Morgan fingerprint density at radius 3 is 2.75 bits per heavy atom. The molecule has 1 unspecified atom stereocenters. The summed E-state index contributed by atoms with van der Waals surface area (Å²) in [5.41, 5.74) is 0. The standard InChI is InChI=1S/C7H9NO3S/c1-5(9)8-2-3-12-4-6(8)7(10)11/h2-3,6H,4H2,1H3,(H,10,11). The molecule has 0 saturated heterocycles. The molecule has 5 heteroatoms. The fourth-order valence-electron chi connectivity index (χ4n) is 0.954. The lowest BCUT2D eigenvalue weighted by Crippen LogP contribution is -2.43. The van der Waals surface area contributed by atoms with Gasteiger partial charge in [-0.1, -0.05) is 0 Å². The first-order chi connectivity index (χ1) is 5.63. The monoisotopic (exact) mass is 187 g/mol. The molecular formula is C7H9NO3S. The summed E-state index contributed by atoms with van der Waals surface area (Å²) in [6, 6.07) is -0.711. The Kier molecular flexibility index (Phi) is 2.75. The zero-order valence-corrected chi connectivity index (χ0v) is 7.37. The van der Waals surface area contributed by atoms with Crippen molar-refractivity contribution in [3.63, 3.8) is 0 Å². The summed E-state index contributed by atoms with van der Waals surface area (Å²) in [5, 5.41) is 10.4. The number of thioether (sulfide) groups is 1. The van der Waals surface area contributed by atoms with Gasteiger partial charge in [-0.15, -0.1) is 11.8 Å². The molecule has 0 aliphatic carbocycles. The van der Waals surface area contributed by atoms with Gasteiger partial charge in [-0.25, -0.2) is 4.79 Å². The van der Waals surface area contributed by atoms with E-state index in [1.54, 1.807) is 5.41 Å². The average Bonchev–Trinajstić information content (AvgIpc) is 2.04. The lowest BCUT2D eigenvalue weighted by Gasteiger charge is -2.26. The van der Waals surface area contributed by atoms with Crippen LogP contribution in [0.1, 0.15) is 6.92 Å². The molecule has 1 amide bonds. The highest BCUT2D eigenvalue weighted by Crippen LogP contribution is 2.17. The van der Waals surface area contributed by atoms with Crippen molar-refractivity contribution in [1.82, 2.24) is 4.90 Å².